The molecule has 11 heavy (non-hydrogen) atoms. The quantitative estimate of drug-likeness (QED) is 0.217. The van der Waals surface area contributed by atoms with Crippen molar-refractivity contribution in [2.75, 3.05) is 0 Å². The van der Waals surface area contributed by atoms with E-state index in [0.717, 1.165) is 0 Å². The van der Waals surface area contributed by atoms with Crippen molar-refractivity contribution in [3.63, 3.8) is 0 Å². The minimum absolute atomic E-state index is 0. The van der Waals surface area contributed by atoms with Gasteiger partial charge in [0, 0.05) is 37.7 Å². The normalized spacial score (nSPS) is 10.7. The van der Waals surface area contributed by atoms with Crippen molar-refractivity contribution in [1.29, 1.82) is 0 Å². The van der Waals surface area contributed by atoms with Gasteiger partial charge in [0.15, 0.2) is 0 Å². The monoisotopic (exact) mass is 361 g/mol. The zero-order chi connectivity index (χ0) is 9.00. The second-order valence-electron chi connectivity index (χ2n) is 1.03. The number of phosphoric acid groups is 2. The molecule has 1 radical (unpaired) electrons. The van der Waals surface area contributed by atoms with Crippen LogP contribution in [0, 0.1) is 37.7 Å². The van der Waals surface area contributed by atoms with Crippen molar-refractivity contribution in [3.8, 4) is 0 Å². The Hall–Kier alpha value is 1.48. The van der Waals surface area contributed by atoms with Crippen molar-refractivity contribution in [2.24, 2.45) is 0 Å². The molecule has 0 atom stereocenters. The van der Waals surface area contributed by atoms with Crippen LogP contribution in [0.2, 0.25) is 0 Å². The molecule has 0 aromatic carbocycles. The summed E-state index contributed by atoms with van der Waals surface area (Å²) in [6.07, 6.45) is 0. The third-order valence-corrected chi connectivity index (χ3v) is 0. The summed E-state index contributed by atoms with van der Waals surface area (Å²) >= 11 is 0. The van der Waals surface area contributed by atoms with Crippen LogP contribution >= 0.6 is 15.6 Å². The molecule has 0 aromatic rings. The molecule has 0 heterocycles. The molecule has 0 fully saturated rings. The fourth-order valence-corrected chi connectivity index (χ4v) is 0. The fraction of sp³-hybridized carbons (Fsp3) is 0. The van der Waals surface area contributed by atoms with E-state index in [1.807, 2.05) is 0 Å². The molecule has 0 aliphatic heterocycles. The number of hydrogen-bond acceptors (Lipinski definition) is 2. The average molecular weight is 361 g/mol. The van der Waals surface area contributed by atoms with Gasteiger partial charge in [0.25, 0.3) is 0 Å². The standard InChI is InChI=1S/Ho.2H3O4P/c;2*1-5(2,3)4/h;2*(H3,1,2,3,4). The summed E-state index contributed by atoms with van der Waals surface area (Å²) in [5.41, 5.74) is 0. The van der Waals surface area contributed by atoms with E-state index in [0.29, 0.717) is 0 Å². The predicted molar refractivity (Wildman–Crippen MR) is 28.5 cm³/mol. The van der Waals surface area contributed by atoms with Crippen LogP contribution in [0.5, 0.6) is 0 Å². The smallest absolute Gasteiger partial charge is 0.303 e. The molecule has 6 N–H and O–H groups in total. The van der Waals surface area contributed by atoms with Gasteiger partial charge >= 0.3 is 15.6 Å². The van der Waals surface area contributed by atoms with Crippen molar-refractivity contribution >= 4 is 15.6 Å². The molecule has 0 saturated carbocycles. The summed E-state index contributed by atoms with van der Waals surface area (Å²) in [6.45, 7) is 0. The van der Waals surface area contributed by atoms with Crippen molar-refractivity contribution < 1.29 is 76.2 Å². The van der Waals surface area contributed by atoms with Crippen LogP contribution in [0.4, 0.5) is 0 Å². The van der Waals surface area contributed by atoms with Gasteiger partial charge in [-0.15, -0.1) is 0 Å². The minimum Gasteiger partial charge on any atom is -0.303 e. The molecule has 0 bridgehead atoms. The molecule has 0 unspecified atom stereocenters. The van der Waals surface area contributed by atoms with Gasteiger partial charge in [0.2, 0.25) is 0 Å². The molecule has 11 heteroatoms. The summed E-state index contributed by atoms with van der Waals surface area (Å²) in [5.74, 6) is 0. The summed E-state index contributed by atoms with van der Waals surface area (Å²) in [6, 6.07) is 0. The van der Waals surface area contributed by atoms with Gasteiger partial charge in [-0.05, 0) is 0 Å². The van der Waals surface area contributed by atoms with Crippen molar-refractivity contribution in [3.05, 3.63) is 0 Å². The fourth-order valence-electron chi connectivity index (χ4n) is 0. The topological polar surface area (TPSA) is 156 Å². The Morgan fingerprint density at radius 2 is 0.636 bits per heavy atom. The Morgan fingerprint density at radius 3 is 0.636 bits per heavy atom. The summed E-state index contributed by atoms with van der Waals surface area (Å²) < 4.78 is 17.8. The molecular weight excluding hydrogens is 355 g/mol. The zero-order valence-corrected chi connectivity index (χ0v) is 8.42. The van der Waals surface area contributed by atoms with Crippen LogP contribution in [-0.4, -0.2) is 29.4 Å². The molecule has 0 saturated heterocycles. The van der Waals surface area contributed by atoms with E-state index in [2.05, 4.69) is 0 Å². The zero-order valence-electron chi connectivity index (χ0n) is 4.70. The summed E-state index contributed by atoms with van der Waals surface area (Å²) in [5, 5.41) is 0. The number of hydrogen-bond donors (Lipinski definition) is 6. The van der Waals surface area contributed by atoms with Crippen LogP contribution < -0.4 is 0 Å². The van der Waals surface area contributed by atoms with Gasteiger partial charge in [-0.3, -0.25) is 0 Å². The van der Waals surface area contributed by atoms with E-state index in [4.69, 9.17) is 38.5 Å². The summed E-state index contributed by atoms with van der Waals surface area (Å²) in [7, 11) is -9.28. The van der Waals surface area contributed by atoms with Crippen LogP contribution in [-0.2, 0) is 9.13 Å². The molecule has 0 aromatic heterocycles. The van der Waals surface area contributed by atoms with E-state index in [1.165, 1.54) is 0 Å². The maximum atomic E-state index is 8.88. The van der Waals surface area contributed by atoms with Crippen molar-refractivity contribution in [1.82, 2.24) is 0 Å². The Balaban J connectivity index is -0.000000107. The van der Waals surface area contributed by atoms with Gasteiger partial charge in [-0.2, -0.15) is 0 Å². The van der Waals surface area contributed by atoms with Gasteiger partial charge in [0.05, 0.1) is 0 Å². The summed E-state index contributed by atoms with van der Waals surface area (Å²) in [4.78, 5) is 43.1. The van der Waals surface area contributed by atoms with Crippen LogP contribution in [0.1, 0.15) is 0 Å². The van der Waals surface area contributed by atoms with E-state index >= 15 is 0 Å². The first-order valence-corrected chi connectivity index (χ1v) is 4.70. The Labute approximate surface area is 91.4 Å². The Morgan fingerprint density at radius 1 is 0.636 bits per heavy atom. The van der Waals surface area contributed by atoms with Crippen molar-refractivity contribution in [2.45, 2.75) is 0 Å². The molecule has 0 aliphatic carbocycles. The number of rotatable bonds is 0. The molecular formula is H6HoO8P2. The molecule has 0 rings (SSSR count). The van der Waals surface area contributed by atoms with E-state index < -0.39 is 15.6 Å². The molecule has 75 valence electrons. The largest absolute Gasteiger partial charge is 0.466 e. The molecule has 0 aliphatic rings. The van der Waals surface area contributed by atoms with Crippen LogP contribution in [0.25, 0.3) is 0 Å². The minimum atomic E-state index is -4.64. The third-order valence-electron chi connectivity index (χ3n) is 0. The van der Waals surface area contributed by atoms with E-state index in [9.17, 15) is 0 Å². The van der Waals surface area contributed by atoms with Gasteiger partial charge in [-0.1, -0.05) is 0 Å². The second-order valence-corrected chi connectivity index (χ2v) is 3.08. The van der Waals surface area contributed by atoms with Crippen LogP contribution in [0.3, 0.4) is 0 Å². The van der Waals surface area contributed by atoms with Gasteiger partial charge in [0.1, 0.15) is 0 Å². The predicted octanol–water partition coefficient (Wildman–Crippen LogP) is -1.86. The van der Waals surface area contributed by atoms with Gasteiger partial charge < -0.3 is 29.4 Å². The Kier molecular flexibility index (Phi) is 11.5. The first-order valence-electron chi connectivity index (χ1n) is 1.57. The molecule has 8 nitrogen and oxygen atoms in total. The maximum Gasteiger partial charge on any atom is 0.466 e. The van der Waals surface area contributed by atoms with Gasteiger partial charge in [-0.25, -0.2) is 9.13 Å². The van der Waals surface area contributed by atoms with E-state index in [1.54, 1.807) is 0 Å². The third kappa shape index (κ3) is 471. The first kappa shape index (κ1) is 18.3. The SMILES string of the molecule is O=P(O)(O)O.O=P(O)(O)O.[Ho]. The Bertz CT molecular complexity index is 124. The van der Waals surface area contributed by atoms with Crippen LogP contribution in [0.15, 0.2) is 0 Å². The van der Waals surface area contributed by atoms with E-state index in [-0.39, 0.29) is 37.7 Å². The molecule has 0 amide bonds. The molecule has 0 spiro atoms. The maximum absolute atomic E-state index is 8.88. The second kappa shape index (κ2) is 6.94. The first-order chi connectivity index (χ1) is 4.00. The average Bonchev–Trinajstić information content (AvgIpc) is 1.12.